The van der Waals surface area contributed by atoms with Crippen LogP contribution in [-0.4, -0.2) is 42.9 Å². The number of nitrogens with zero attached hydrogens (tertiary/aromatic N) is 2. The molecular formula is C11H16FN3O. The van der Waals surface area contributed by atoms with Gasteiger partial charge < -0.3 is 15.3 Å². The monoisotopic (exact) mass is 225 g/mol. The molecule has 1 aliphatic rings. The molecule has 0 amide bonds. The maximum Gasteiger partial charge on any atom is 0.165 e. The molecule has 0 aliphatic carbocycles. The Labute approximate surface area is 94.1 Å². The molecule has 0 unspecified atom stereocenters. The summed E-state index contributed by atoms with van der Waals surface area (Å²) in [5.74, 6) is 0.121. The van der Waals surface area contributed by atoms with E-state index in [1.54, 1.807) is 6.20 Å². The van der Waals surface area contributed by atoms with Gasteiger partial charge in [0.1, 0.15) is 0 Å². The third-order valence-corrected chi connectivity index (χ3v) is 2.70. The van der Waals surface area contributed by atoms with E-state index < -0.39 is 0 Å². The Morgan fingerprint density at radius 2 is 2.19 bits per heavy atom. The Kier molecular flexibility index (Phi) is 3.69. The first kappa shape index (κ1) is 11.3. The van der Waals surface area contributed by atoms with E-state index in [0.29, 0.717) is 12.2 Å². The molecule has 2 heterocycles. The lowest BCUT2D eigenvalue weighted by Gasteiger charge is -2.28. The van der Waals surface area contributed by atoms with Crippen molar-refractivity contribution in [2.75, 3.05) is 37.7 Å². The van der Waals surface area contributed by atoms with Crippen LogP contribution in [0.4, 0.5) is 10.2 Å². The van der Waals surface area contributed by atoms with Crippen LogP contribution >= 0.6 is 0 Å². The third-order valence-electron chi connectivity index (χ3n) is 2.70. The van der Waals surface area contributed by atoms with Crippen molar-refractivity contribution < 1.29 is 9.50 Å². The van der Waals surface area contributed by atoms with Crippen molar-refractivity contribution in [3.05, 3.63) is 23.6 Å². The molecule has 0 atom stereocenters. The number of aliphatic hydroxyl groups excluding tert-OH is 1. The lowest BCUT2D eigenvalue weighted by atomic mass is 10.2. The van der Waals surface area contributed by atoms with Crippen LogP contribution in [-0.2, 0) is 6.42 Å². The number of hydrogen-bond acceptors (Lipinski definition) is 4. The van der Waals surface area contributed by atoms with E-state index in [0.717, 1.165) is 31.7 Å². The summed E-state index contributed by atoms with van der Waals surface area (Å²) in [7, 11) is 0. The van der Waals surface area contributed by atoms with Crippen molar-refractivity contribution in [2.45, 2.75) is 6.42 Å². The summed E-state index contributed by atoms with van der Waals surface area (Å²) in [6.45, 7) is 3.31. The van der Waals surface area contributed by atoms with Gasteiger partial charge in [-0.05, 0) is 18.1 Å². The molecule has 0 radical (unpaired) electrons. The number of halogens is 1. The highest BCUT2D eigenvalue weighted by atomic mass is 19.1. The first-order chi connectivity index (χ1) is 7.81. The van der Waals surface area contributed by atoms with Gasteiger partial charge in [0.15, 0.2) is 11.6 Å². The molecule has 1 aliphatic heterocycles. The first-order valence-corrected chi connectivity index (χ1v) is 5.52. The minimum atomic E-state index is -0.298. The normalized spacial score (nSPS) is 16.5. The number of aromatic nitrogens is 1. The maximum atomic E-state index is 13.8. The molecule has 16 heavy (non-hydrogen) atoms. The van der Waals surface area contributed by atoms with E-state index >= 15 is 0 Å². The van der Waals surface area contributed by atoms with Crippen molar-refractivity contribution in [3.8, 4) is 0 Å². The summed E-state index contributed by atoms with van der Waals surface area (Å²) in [6, 6.07) is 1.46. The van der Waals surface area contributed by atoms with Crippen molar-refractivity contribution >= 4 is 5.82 Å². The van der Waals surface area contributed by atoms with E-state index in [9.17, 15) is 4.39 Å². The number of piperazine rings is 1. The predicted molar refractivity (Wildman–Crippen MR) is 60.1 cm³/mol. The lowest BCUT2D eigenvalue weighted by molar-refractivity contribution is 0.299. The average molecular weight is 225 g/mol. The number of aliphatic hydroxyl groups is 1. The largest absolute Gasteiger partial charge is 0.396 e. The van der Waals surface area contributed by atoms with Crippen molar-refractivity contribution in [3.63, 3.8) is 0 Å². The molecule has 0 saturated carbocycles. The summed E-state index contributed by atoms with van der Waals surface area (Å²) < 4.78 is 13.8. The summed E-state index contributed by atoms with van der Waals surface area (Å²) in [5.41, 5.74) is 0.735. The topological polar surface area (TPSA) is 48.4 Å². The van der Waals surface area contributed by atoms with Crippen LogP contribution in [0.3, 0.4) is 0 Å². The molecule has 0 spiro atoms. The minimum absolute atomic E-state index is 0.0219. The Morgan fingerprint density at radius 1 is 1.44 bits per heavy atom. The fraction of sp³-hybridized carbons (Fsp3) is 0.545. The van der Waals surface area contributed by atoms with Crippen LogP contribution in [0, 0.1) is 5.82 Å². The smallest absolute Gasteiger partial charge is 0.165 e. The standard InChI is InChI=1S/C11H16FN3O/c12-10-7-9(1-6-16)8-14-11(10)15-4-2-13-3-5-15/h7-8,13,16H,1-6H2. The van der Waals surface area contributed by atoms with Gasteiger partial charge in [0.25, 0.3) is 0 Å². The third kappa shape index (κ3) is 2.48. The van der Waals surface area contributed by atoms with Crippen LogP contribution in [0.1, 0.15) is 5.56 Å². The Balaban J connectivity index is 2.14. The average Bonchev–Trinajstić information content (AvgIpc) is 2.31. The van der Waals surface area contributed by atoms with Gasteiger partial charge in [-0.2, -0.15) is 0 Å². The van der Waals surface area contributed by atoms with Gasteiger partial charge in [0.2, 0.25) is 0 Å². The molecule has 2 N–H and O–H groups in total. The molecule has 1 fully saturated rings. The molecule has 1 aromatic heterocycles. The van der Waals surface area contributed by atoms with Gasteiger partial charge in [0, 0.05) is 39.0 Å². The van der Waals surface area contributed by atoms with Crippen LogP contribution < -0.4 is 10.2 Å². The maximum absolute atomic E-state index is 13.8. The molecule has 1 saturated heterocycles. The highest BCUT2D eigenvalue weighted by Gasteiger charge is 2.15. The van der Waals surface area contributed by atoms with Gasteiger partial charge in [-0.15, -0.1) is 0 Å². The summed E-state index contributed by atoms with van der Waals surface area (Å²) in [4.78, 5) is 6.07. The highest BCUT2D eigenvalue weighted by molar-refractivity contribution is 5.41. The van der Waals surface area contributed by atoms with Crippen LogP contribution in [0.25, 0.3) is 0 Å². The first-order valence-electron chi connectivity index (χ1n) is 5.52. The fourth-order valence-corrected chi connectivity index (χ4v) is 1.85. The fourth-order valence-electron chi connectivity index (χ4n) is 1.85. The van der Waals surface area contributed by atoms with Crippen molar-refractivity contribution in [1.29, 1.82) is 0 Å². The van der Waals surface area contributed by atoms with Crippen LogP contribution in [0.2, 0.25) is 0 Å². The molecule has 5 heteroatoms. The summed E-state index contributed by atoms with van der Waals surface area (Å²) in [5, 5.41) is 12.0. The van der Waals surface area contributed by atoms with Gasteiger partial charge >= 0.3 is 0 Å². The zero-order valence-electron chi connectivity index (χ0n) is 9.12. The Bertz CT molecular complexity index is 353. The minimum Gasteiger partial charge on any atom is -0.396 e. The van der Waals surface area contributed by atoms with E-state index in [1.165, 1.54) is 6.07 Å². The summed E-state index contributed by atoms with van der Waals surface area (Å²) in [6.07, 6.45) is 2.09. The summed E-state index contributed by atoms with van der Waals surface area (Å²) >= 11 is 0. The second-order valence-corrected chi connectivity index (χ2v) is 3.86. The Hall–Kier alpha value is -1.20. The van der Waals surface area contributed by atoms with E-state index in [2.05, 4.69) is 10.3 Å². The Morgan fingerprint density at radius 3 is 2.81 bits per heavy atom. The van der Waals surface area contributed by atoms with E-state index in [1.807, 2.05) is 4.90 Å². The van der Waals surface area contributed by atoms with Crippen molar-refractivity contribution in [2.24, 2.45) is 0 Å². The molecular weight excluding hydrogens is 209 g/mol. The van der Waals surface area contributed by atoms with Gasteiger partial charge in [-0.3, -0.25) is 0 Å². The number of nitrogens with one attached hydrogen (secondary N) is 1. The molecule has 0 bridgehead atoms. The SMILES string of the molecule is OCCc1cnc(N2CCNCC2)c(F)c1. The molecule has 1 aromatic rings. The lowest BCUT2D eigenvalue weighted by Crippen LogP contribution is -2.44. The van der Waals surface area contributed by atoms with E-state index in [-0.39, 0.29) is 12.4 Å². The predicted octanol–water partition coefficient (Wildman–Crippen LogP) is 0.165. The number of hydrogen-bond donors (Lipinski definition) is 2. The highest BCUT2D eigenvalue weighted by Crippen LogP contribution is 2.17. The second kappa shape index (κ2) is 5.23. The number of rotatable bonds is 3. The van der Waals surface area contributed by atoms with Gasteiger partial charge in [-0.1, -0.05) is 0 Å². The van der Waals surface area contributed by atoms with Crippen LogP contribution in [0.5, 0.6) is 0 Å². The van der Waals surface area contributed by atoms with E-state index in [4.69, 9.17) is 5.11 Å². The second-order valence-electron chi connectivity index (χ2n) is 3.86. The van der Waals surface area contributed by atoms with Gasteiger partial charge in [0.05, 0.1) is 0 Å². The van der Waals surface area contributed by atoms with Crippen molar-refractivity contribution in [1.82, 2.24) is 10.3 Å². The zero-order valence-corrected chi connectivity index (χ0v) is 9.12. The number of pyridine rings is 1. The molecule has 4 nitrogen and oxygen atoms in total. The number of anilines is 1. The zero-order chi connectivity index (χ0) is 11.4. The quantitative estimate of drug-likeness (QED) is 0.769. The van der Waals surface area contributed by atoms with Gasteiger partial charge in [-0.25, -0.2) is 9.37 Å². The molecule has 0 aromatic carbocycles. The van der Waals surface area contributed by atoms with Crippen LogP contribution in [0.15, 0.2) is 12.3 Å². The molecule has 2 rings (SSSR count). The molecule has 88 valence electrons.